The Morgan fingerprint density at radius 3 is 2.94 bits per heavy atom. The van der Waals surface area contributed by atoms with Gasteiger partial charge in [-0.15, -0.1) is 0 Å². The summed E-state index contributed by atoms with van der Waals surface area (Å²) in [5, 5.41) is 10.5. The summed E-state index contributed by atoms with van der Waals surface area (Å²) in [6, 6.07) is 0. The van der Waals surface area contributed by atoms with Crippen LogP contribution in [0.25, 0.3) is 0 Å². The van der Waals surface area contributed by atoms with Crippen molar-refractivity contribution in [3.05, 3.63) is 18.0 Å². The predicted molar refractivity (Wildman–Crippen MR) is 67.9 cm³/mol. The lowest BCUT2D eigenvalue weighted by atomic mass is 10.3. The van der Waals surface area contributed by atoms with E-state index >= 15 is 0 Å². The van der Waals surface area contributed by atoms with Gasteiger partial charge in [-0.1, -0.05) is 0 Å². The third-order valence-electron chi connectivity index (χ3n) is 2.26. The summed E-state index contributed by atoms with van der Waals surface area (Å²) in [5.74, 6) is 0.796. The second-order valence-electron chi connectivity index (χ2n) is 3.72. The van der Waals surface area contributed by atoms with Gasteiger partial charge < -0.3 is 15.4 Å². The molecule has 0 spiro atoms. The summed E-state index contributed by atoms with van der Waals surface area (Å²) < 4.78 is 6.76. The average Bonchev–Trinajstić information content (AvgIpc) is 2.74. The first-order chi connectivity index (χ1) is 8.26. The van der Waals surface area contributed by atoms with E-state index in [1.807, 2.05) is 19.4 Å². The van der Waals surface area contributed by atoms with Gasteiger partial charge in [-0.25, -0.2) is 0 Å². The van der Waals surface area contributed by atoms with Crippen LogP contribution in [0.5, 0.6) is 0 Å². The minimum atomic E-state index is 0.720. The highest BCUT2D eigenvalue weighted by molar-refractivity contribution is 5.79. The van der Waals surface area contributed by atoms with Gasteiger partial charge in [0.1, 0.15) is 0 Å². The summed E-state index contributed by atoms with van der Waals surface area (Å²) in [6.07, 6.45) is 4.78. The van der Waals surface area contributed by atoms with Crippen LogP contribution in [0.4, 0.5) is 0 Å². The van der Waals surface area contributed by atoms with Crippen LogP contribution in [0.15, 0.2) is 17.4 Å². The molecule has 0 atom stereocenters. The van der Waals surface area contributed by atoms with E-state index in [0.717, 1.165) is 37.6 Å². The lowest BCUT2D eigenvalue weighted by Crippen LogP contribution is -2.37. The molecule has 0 aliphatic carbocycles. The molecule has 0 saturated carbocycles. The number of hydrogen-bond donors (Lipinski definition) is 2. The molecule has 0 aliphatic heterocycles. The van der Waals surface area contributed by atoms with Crippen molar-refractivity contribution >= 4 is 5.96 Å². The second-order valence-corrected chi connectivity index (χ2v) is 3.72. The number of aryl methyl sites for hydroxylation is 1. The zero-order valence-corrected chi connectivity index (χ0v) is 10.7. The molecule has 1 rings (SSSR count). The van der Waals surface area contributed by atoms with E-state index in [0.29, 0.717) is 0 Å². The molecule has 0 aromatic carbocycles. The van der Waals surface area contributed by atoms with Gasteiger partial charge in [0.25, 0.3) is 0 Å². The van der Waals surface area contributed by atoms with E-state index in [-0.39, 0.29) is 0 Å². The Hall–Kier alpha value is -1.56. The minimum Gasteiger partial charge on any atom is -0.385 e. The molecule has 0 saturated heterocycles. The molecule has 2 N–H and O–H groups in total. The first-order valence-corrected chi connectivity index (χ1v) is 5.67. The molecule has 1 heterocycles. The Balaban J connectivity index is 2.23. The van der Waals surface area contributed by atoms with Crippen LogP contribution >= 0.6 is 0 Å². The van der Waals surface area contributed by atoms with Gasteiger partial charge in [-0.2, -0.15) is 5.10 Å². The van der Waals surface area contributed by atoms with E-state index in [2.05, 4.69) is 20.7 Å². The number of nitrogens with one attached hydrogen (secondary N) is 2. The number of methoxy groups -OCH3 is 1. The molecular weight excluding hydrogens is 218 g/mol. The second kappa shape index (κ2) is 7.67. The van der Waals surface area contributed by atoms with Crippen molar-refractivity contribution in [2.45, 2.75) is 13.0 Å². The first-order valence-electron chi connectivity index (χ1n) is 5.67. The van der Waals surface area contributed by atoms with Gasteiger partial charge in [-0.3, -0.25) is 9.67 Å². The average molecular weight is 239 g/mol. The maximum Gasteiger partial charge on any atom is 0.191 e. The van der Waals surface area contributed by atoms with Crippen molar-refractivity contribution in [1.82, 2.24) is 20.4 Å². The smallest absolute Gasteiger partial charge is 0.191 e. The summed E-state index contributed by atoms with van der Waals surface area (Å²) in [5.41, 5.74) is 1.13. The molecule has 6 nitrogen and oxygen atoms in total. The van der Waals surface area contributed by atoms with Gasteiger partial charge in [0.2, 0.25) is 0 Å². The Bertz CT molecular complexity index is 347. The number of rotatable bonds is 6. The number of nitrogens with zero attached hydrogens (tertiary/aromatic N) is 3. The van der Waals surface area contributed by atoms with E-state index in [9.17, 15) is 0 Å². The largest absolute Gasteiger partial charge is 0.385 e. The maximum absolute atomic E-state index is 4.98. The number of guanidine groups is 1. The molecule has 0 amide bonds. The van der Waals surface area contributed by atoms with Crippen molar-refractivity contribution in [3.63, 3.8) is 0 Å². The van der Waals surface area contributed by atoms with E-state index in [1.54, 1.807) is 18.8 Å². The zero-order valence-electron chi connectivity index (χ0n) is 10.7. The van der Waals surface area contributed by atoms with Crippen molar-refractivity contribution in [2.75, 3.05) is 27.3 Å². The van der Waals surface area contributed by atoms with Crippen LogP contribution in [-0.4, -0.2) is 43.0 Å². The third kappa shape index (κ3) is 5.35. The Labute approximate surface area is 102 Å². The van der Waals surface area contributed by atoms with E-state index in [4.69, 9.17) is 4.74 Å². The van der Waals surface area contributed by atoms with Gasteiger partial charge in [0.15, 0.2) is 5.96 Å². The molecule has 17 heavy (non-hydrogen) atoms. The zero-order chi connectivity index (χ0) is 12.5. The molecule has 1 aromatic rings. The van der Waals surface area contributed by atoms with E-state index in [1.165, 1.54) is 0 Å². The summed E-state index contributed by atoms with van der Waals surface area (Å²) in [4.78, 5) is 4.13. The lowest BCUT2D eigenvalue weighted by Gasteiger charge is -2.10. The topological polar surface area (TPSA) is 63.5 Å². The Morgan fingerprint density at radius 1 is 1.53 bits per heavy atom. The highest BCUT2D eigenvalue weighted by atomic mass is 16.5. The van der Waals surface area contributed by atoms with Crippen LogP contribution in [0.2, 0.25) is 0 Å². The highest BCUT2D eigenvalue weighted by Gasteiger charge is 1.99. The maximum atomic E-state index is 4.98. The molecule has 0 unspecified atom stereocenters. The monoisotopic (exact) mass is 239 g/mol. The fraction of sp³-hybridized carbons (Fsp3) is 0.636. The molecule has 6 heteroatoms. The molecular formula is C11H21N5O. The molecule has 1 aromatic heterocycles. The summed E-state index contributed by atoms with van der Waals surface area (Å²) in [6.45, 7) is 2.32. The van der Waals surface area contributed by atoms with Crippen molar-refractivity contribution in [3.8, 4) is 0 Å². The Kier molecular flexibility index (Phi) is 6.09. The van der Waals surface area contributed by atoms with Crippen LogP contribution < -0.4 is 10.6 Å². The highest BCUT2D eigenvalue weighted by Crippen LogP contribution is 1.94. The van der Waals surface area contributed by atoms with Gasteiger partial charge >= 0.3 is 0 Å². The number of aliphatic imine (C=N–C) groups is 1. The standard InChI is InChI=1S/C11H21N5O/c1-12-11(13-5-4-6-17-3)14-7-10-8-15-16(2)9-10/h8-9H,4-7H2,1-3H3,(H2,12,13,14). The van der Waals surface area contributed by atoms with Gasteiger partial charge in [0, 0.05) is 52.7 Å². The number of aromatic nitrogens is 2. The van der Waals surface area contributed by atoms with Crippen LogP contribution in [0, 0.1) is 0 Å². The van der Waals surface area contributed by atoms with Crippen LogP contribution in [0.3, 0.4) is 0 Å². The van der Waals surface area contributed by atoms with E-state index < -0.39 is 0 Å². The normalized spacial score (nSPS) is 11.6. The number of hydrogen-bond acceptors (Lipinski definition) is 3. The van der Waals surface area contributed by atoms with Crippen LogP contribution in [-0.2, 0) is 18.3 Å². The fourth-order valence-corrected chi connectivity index (χ4v) is 1.39. The van der Waals surface area contributed by atoms with Gasteiger partial charge in [0.05, 0.1) is 6.20 Å². The first kappa shape index (κ1) is 13.5. The molecule has 96 valence electrons. The van der Waals surface area contributed by atoms with Gasteiger partial charge in [-0.05, 0) is 6.42 Å². The summed E-state index contributed by atoms with van der Waals surface area (Å²) >= 11 is 0. The van der Waals surface area contributed by atoms with Crippen molar-refractivity contribution in [1.29, 1.82) is 0 Å². The molecule has 0 radical (unpaired) electrons. The fourth-order valence-electron chi connectivity index (χ4n) is 1.39. The van der Waals surface area contributed by atoms with Crippen molar-refractivity contribution in [2.24, 2.45) is 12.0 Å². The minimum absolute atomic E-state index is 0.720. The number of ether oxygens (including phenoxy) is 1. The summed E-state index contributed by atoms with van der Waals surface area (Å²) in [7, 11) is 5.37. The SMILES string of the molecule is CN=C(NCCCOC)NCc1cnn(C)c1. The third-order valence-corrected chi connectivity index (χ3v) is 2.26. The van der Waals surface area contributed by atoms with Crippen molar-refractivity contribution < 1.29 is 4.74 Å². The Morgan fingerprint density at radius 2 is 2.35 bits per heavy atom. The lowest BCUT2D eigenvalue weighted by molar-refractivity contribution is 0.195. The molecule has 0 aliphatic rings. The quantitative estimate of drug-likeness (QED) is 0.420. The molecule has 0 fully saturated rings. The predicted octanol–water partition coefficient (Wildman–Crippen LogP) is 0.122. The molecule has 0 bridgehead atoms. The van der Waals surface area contributed by atoms with Crippen LogP contribution in [0.1, 0.15) is 12.0 Å².